The van der Waals surface area contributed by atoms with Crippen molar-refractivity contribution in [1.29, 1.82) is 0 Å². The topological polar surface area (TPSA) is 77.7 Å². The lowest BCUT2D eigenvalue weighted by Gasteiger charge is -2.47. The smallest absolute Gasteiger partial charge is 0.257 e. The summed E-state index contributed by atoms with van der Waals surface area (Å²) < 4.78 is 16.8. The molecule has 1 spiro atoms. The molecule has 1 amide bonds. The standard InChI is InChI=1S/C19H23N3O4/c1-13-11-22(12-19(25-13)7-9-24-10-8-19)18(23)16-5-3-15(4-6-16)17-20-14(2)21-26-17/h3-6,13H,7-12H2,1-2H3. The van der Waals surface area contributed by atoms with Crippen molar-refractivity contribution >= 4 is 5.91 Å². The summed E-state index contributed by atoms with van der Waals surface area (Å²) in [6.07, 6.45) is 1.68. The van der Waals surface area contributed by atoms with Crippen molar-refractivity contribution in [2.45, 2.75) is 38.4 Å². The predicted molar refractivity (Wildman–Crippen MR) is 93.7 cm³/mol. The number of ether oxygens (including phenoxy) is 2. The summed E-state index contributed by atoms with van der Waals surface area (Å²) >= 11 is 0. The molecule has 0 bridgehead atoms. The predicted octanol–water partition coefficient (Wildman–Crippen LogP) is 2.46. The summed E-state index contributed by atoms with van der Waals surface area (Å²) in [6.45, 7) is 6.39. The highest BCUT2D eigenvalue weighted by atomic mass is 16.5. The lowest BCUT2D eigenvalue weighted by molar-refractivity contribution is -0.176. The highest BCUT2D eigenvalue weighted by molar-refractivity contribution is 5.94. The van der Waals surface area contributed by atoms with Gasteiger partial charge in [-0.3, -0.25) is 4.79 Å². The van der Waals surface area contributed by atoms with Crippen LogP contribution in [0.15, 0.2) is 28.8 Å². The molecule has 138 valence electrons. The van der Waals surface area contributed by atoms with Gasteiger partial charge in [0.15, 0.2) is 5.82 Å². The van der Waals surface area contributed by atoms with Gasteiger partial charge in [0.1, 0.15) is 0 Å². The van der Waals surface area contributed by atoms with Crippen LogP contribution in [0.2, 0.25) is 0 Å². The fourth-order valence-electron chi connectivity index (χ4n) is 3.75. The van der Waals surface area contributed by atoms with E-state index in [0.29, 0.717) is 43.6 Å². The van der Waals surface area contributed by atoms with Crippen LogP contribution < -0.4 is 0 Å². The zero-order chi connectivity index (χ0) is 18.1. The Kier molecular flexibility index (Phi) is 4.50. The van der Waals surface area contributed by atoms with Crippen LogP contribution in [0.4, 0.5) is 0 Å². The lowest BCUT2D eigenvalue weighted by atomic mass is 9.91. The van der Waals surface area contributed by atoms with Gasteiger partial charge < -0.3 is 18.9 Å². The first-order valence-corrected chi connectivity index (χ1v) is 9.00. The second-order valence-corrected chi connectivity index (χ2v) is 7.13. The van der Waals surface area contributed by atoms with E-state index in [9.17, 15) is 4.79 Å². The summed E-state index contributed by atoms with van der Waals surface area (Å²) in [4.78, 5) is 19.1. The number of rotatable bonds is 2. The number of morpholine rings is 1. The SMILES string of the molecule is Cc1noc(-c2ccc(C(=O)N3CC(C)OC4(CCOCC4)C3)cc2)n1. The molecule has 3 heterocycles. The number of aromatic nitrogens is 2. The number of hydrogen-bond donors (Lipinski definition) is 0. The summed E-state index contributed by atoms with van der Waals surface area (Å²) in [6, 6.07) is 7.31. The normalized spacial score (nSPS) is 22.5. The molecule has 2 aliphatic rings. The van der Waals surface area contributed by atoms with Gasteiger partial charge in [-0.2, -0.15) is 4.98 Å². The third kappa shape index (κ3) is 3.37. The Bertz CT molecular complexity index is 780. The van der Waals surface area contributed by atoms with Crippen LogP contribution in [0.25, 0.3) is 11.5 Å². The van der Waals surface area contributed by atoms with E-state index in [-0.39, 0.29) is 17.6 Å². The lowest BCUT2D eigenvalue weighted by Crippen LogP contribution is -2.58. The molecule has 2 aromatic rings. The summed E-state index contributed by atoms with van der Waals surface area (Å²) in [7, 11) is 0. The van der Waals surface area contributed by atoms with E-state index in [2.05, 4.69) is 10.1 Å². The van der Waals surface area contributed by atoms with E-state index >= 15 is 0 Å². The van der Waals surface area contributed by atoms with Crippen molar-refractivity contribution in [3.05, 3.63) is 35.7 Å². The Morgan fingerprint density at radius 1 is 1.23 bits per heavy atom. The fraction of sp³-hybridized carbons (Fsp3) is 0.526. The average molecular weight is 357 g/mol. The van der Waals surface area contributed by atoms with E-state index in [1.54, 1.807) is 6.92 Å². The van der Waals surface area contributed by atoms with Gasteiger partial charge in [-0.15, -0.1) is 0 Å². The molecule has 1 atom stereocenters. The van der Waals surface area contributed by atoms with Crippen molar-refractivity contribution in [2.75, 3.05) is 26.3 Å². The van der Waals surface area contributed by atoms with Gasteiger partial charge in [0.2, 0.25) is 0 Å². The van der Waals surface area contributed by atoms with Crippen molar-refractivity contribution in [3.8, 4) is 11.5 Å². The molecule has 0 N–H and O–H groups in total. The molecule has 2 fully saturated rings. The van der Waals surface area contributed by atoms with E-state index < -0.39 is 0 Å². The van der Waals surface area contributed by atoms with Crippen LogP contribution in [0.5, 0.6) is 0 Å². The van der Waals surface area contributed by atoms with Gasteiger partial charge in [0.05, 0.1) is 18.2 Å². The van der Waals surface area contributed by atoms with Gasteiger partial charge in [-0.05, 0) is 38.1 Å². The number of benzene rings is 1. The third-order valence-electron chi connectivity index (χ3n) is 5.01. The molecule has 0 saturated carbocycles. The summed E-state index contributed by atoms with van der Waals surface area (Å²) in [5.41, 5.74) is 1.19. The molecular weight excluding hydrogens is 334 g/mol. The minimum absolute atomic E-state index is 0.0199. The average Bonchev–Trinajstić information content (AvgIpc) is 3.07. The molecule has 4 rings (SSSR count). The van der Waals surface area contributed by atoms with Crippen molar-refractivity contribution in [1.82, 2.24) is 15.0 Å². The minimum Gasteiger partial charge on any atom is -0.381 e. The Labute approximate surface area is 152 Å². The molecule has 26 heavy (non-hydrogen) atoms. The van der Waals surface area contributed by atoms with Gasteiger partial charge in [-0.1, -0.05) is 5.16 Å². The highest BCUT2D eigenvalue weighted by Crippen LogP contribution is 2.32. The van der Waals surface area contributed by atoms with Crippen LogP contribution in [-0.2, 0) is 9.47 Å². The van der Waals surface area contributed by atoms with E-state index in [1.807, 2.05) is 36.1 Å². The first-order valence-electron chi connectivity index (χ1n) is 9.00. The van der Waals surface area contributed by atoms with Gasteiger partial charge >= 0.3 is 0 Å². The molecule has 1 aromatic heterocycles. The zero-order valence-corrected chi connectivity index (χ0v) is 15.1. The number of hydrogen-bond acceptors (Lipinski definition) is 6. The Morgan fingerprint density at radius 3 is 2.62 bits per heavy atom. The second-order valence-electron chi connectivity index (χ2n) is 7.13. The van der Waals surface area contributed by atoms with Gasteiger partial charge in [0.25, 0.3) is 11.8 Å². The van der Waals surface area contributed by atoms with Gasteiger partial charge in [-0.25, -0.2) is 0 Å². The van der Waals surface area contributed by atoms with Crippen molar-refractivity contribution in [2.24, 2.45) is 0 Å². The Morgan fingerprint density at radius 2 is 1.96 bits per heavy atom. The minimum atomic E-state index is -0.271. The molecule has 2 saturated heterocycles. The maximum absolute atomic E-state index is 13.0. The quantitative estimate of drug-likeness (QED) is 0.822. The maximum Gasteiger partial charge on any atom is 0.257 e. The molecule has 2 aliphatic heterocycles. The molecule has 0 aliphatic carbocycles. The van der Waals surface area contributed by atoms with Crippen molar-refractivity contribution < 1.29 is 18.8 Å². The van der Waals surface area contributed by atoms with Crippen LogP contribution in [0.1, 0.15) is 35.9 Å². The molecule has 7 heteroatoms. The Balaban J connectivity index is 1.51. The number of aryl methyl sites for hydroxylation is 1. The summed E-state index contributed by atoms with van der Waals surface area (Å²) in [5, 5.41) is 3.80. The molecule has 0 radical (unpaired) electrons. The molecule has 1 aromatic carbocycles. The van der Waals surface area contributed by atoms with Crippen LogP contribution in [0.3, 0.4) is 0 Å². The largest absolute Gasteiger partial charge is 0.381 e. The first-order chi connectivity index (χ1) is 12.5. The van der Waals surface area contributed by atoms with Gasteiger partial charge in [0, 0.05) is 43.7 Å². The molecular formula is C19H23N3O4. The molecule has 1 unspecified atom stereocenters. The zero-order valence-electron chi connectivity index (χ0n) is 15.1. The number of carbonyl (C=O) groups is 1. The molecule has 7 nitrogen and oxygen atoms in total. The Hall–Kier alpha value is -2.25. The van der Waals surface area contributed by atoms with Crippen LogP contribution in [-0.4, -0.2) is 59.0 Å². The highest BCUT2D eigenvalue weighted by Gasteiger charge is 2.42. The van der Waals surface area contributed by atoms with E-state index in [1.165, 1.54) is 0 Å². The van der Waals surface area contributed by atoms with Crippen LogP contribution in [0, 0.1) is 6.92 Å². The summed E-state index contributed by atoms with van der Waals surface area (Å²) in [5.74, 6) is 1.08. The van der Waals surface area contributed by atoms with E-state index in [4.69, 9.17) is 14.0 Å². The van der Waals surface area contributed by atoms with E-state index in [0.717, 1.165) is 18.4 Å². The first kappa shape index (κ1) is 17.2. The monoisotopic (exact) mass is 357 g/mol. The maximum atomic E-state index is 13.0. The number of nitrogens with zero attached hydrogens (tertiary/aromatic N) is 3. The number of amides is 1. The fourth-order valence-corrected chi connectivity index (χ4v) is 3.75. The van der Waals surface area contributed by atoms with Crippen molar-refractivity contribution in [3.63, 3.8) is 0 Å². The number of carbonyl (C=O) groups excluding carboxylic acids is 1. The second kappa shape index (κ2) is 6.81. The van der Waals surface area contributed by atoms with Crippen LogP contribution >= 0.6 is 0 Å². The third-order valence-corrected chi connectivity index (χ3v) is 5.01.